The number of aliphatic hydroxyl groups is 1. The van der Waals surface area contributed by atoms with Crippen LogP contribution in [0.25, 0.3) is 0 Å². The SMILES string of the molecule is COc1cccc([C@H](CCO)N2CCNCC2)c1.Cl. The second-order valence-corrected chi connectivity index (χ2v) is 4.59. The molecule has 108 valence electrons. The number of rotatable bonds is 5. The predicted molar refractivity (Wildman–Crippen MR) is 79.1 cm³/mol. The van der Waals surface area contributed by atoms with E-state index < -0.39 is 0 Å². The lowest BCUT2D eigenvalue weighted by molar-refractivity contribution is 0.141. The highest BCUT2D eigenvalue weighted by Crippen LogP contribution is 2.27. The lowest BCUT2D eigenvalue weighted by Gasteiger charge is -2.35. The highest BCUT2D eigenvalue weighted by atomic mass is 35.5. The second kappa shape index (κ2) is 8.38. The summed E-state index contributed by atoms with van der Waals surface area (Å²) in [6, 6.07) is 8.44. The molecule has 0 spiro atoms. The maximum absolute atomic E-state index is 9.28. The number of aliphatic hydroxyl groups excluding tert-OH is 1. The summed E-state index contributed by atoms with van der Waals surface area (Å²) in [5.41, 5.74) is 1.23. The van der Waals surface area contributed by atoms with E-state index in [0.717, 1.165) is 38.3 Å². The minimum Gasteiger partial charge on any atom is -0.497 e. The maximum Gasteiger partial charge on any atom is 0.119 e. The molecule has 2 rings (SSSR count). The van der Waals surface area contributed by atoms with Crippen LogP contribution in [0.3, 0.4) is 0 Å². The van der Waals surface area contributed by atoms with E-state index in [1.807, 2.05) is 12.1 Å². The topological polar surface area (TPSA) is 44.7 Å². The Morgan fingerprint density at radius 2 is 2.11 bits per heavy atom. The molecule has 1 saturated heterocycles. The molecule has 0 saturated carbocycles. The van der Waals surface area contributed by atoms with Gasteiger partial charge in [0.25, 0.3) is 0 Å². The Balaban J connectivity index is 0.00000180. The van der Waals surface area contributed by atoms with E-state index in [9.17, 15) is 5.11 Å². The fourth-order valence-corrected chi connectivity index (χ4v) is 2.52. The summed E-state index contributed by atoms with van der Waals surface area (Å²) in [7, 11) is 1.69. The average molecular weight is 287 g/mol. The monoisotopic (exact) mass is 286 g/mol. The molecule has 0 aliphatic carbocycles. The summed E-state index contributed by atoms with van der Waals surface area (Å²) in [6.07, 6.45) is 0.771. The van der Waals surface area contributed by atoms with Crippen LogP contribution in [-0.4, -0.2) is 49.9 Å². The molecule has 4 nitrogen and oxygen atoms in total. The van der Waals surface area contributed by atoms with Gasteiger partial charge in [-0.15, -0.1) is 12.4 Å². The first-order valence-corrected chi connectivity index (χ1v) is 6.54. The minimum absolute atomic E-state index is 0. The van der Waals surface area contributed by atoms with Crippen molar-refractivity contribution in [2.75, 3.05) is 39.9 Å². The number of piperazine rings is 1. The van der Waals surface area contributed by atoms with Gasteiger partial charge in [-0.1, -0.05) is 12.1 Å². The van der Waals surface area contributed by atoms with Gasteiger partial charge in [0.2, 0.25) is 0 Å². The number of hydrogen-bond acceptors (Lipinski definition) is 4. The summed E-state index contributed by atoms with van der Waals surface area (Å²) in [5, 5.41) is 12.6. The summed E-state index contributed by atoms with van der Waals surface area (Å²) in [5.74, 6) is 0.880. The van der Waals surface area contributed by atoms with Crippen LogP contribution in [0.1, 0.15) is 18.0 Å². The first-order chi connectivity index (χ1) is 8.85. The van der Waals surface area contributed by atoms with Crippen molar-refractivity contribution in [1.29, 1.82) is 0 Å². The zero-order chi connectivity index (χ0) is 12.8. The van der Waals surface area contributed by atoms with Crippen LogP contribution in [0.2, 0.25) is 0 Å². The van der Waals surface area contributed by atoms with Crippen molar-refractivity contribution in [3.8, 4) is 5.75 Å². The quantitative estimate of drug-likeness (QED) is 0.860. The number of methoxy groups -OCH3 is 1. The molecular weight excluding hydrogens is 264 g/mol. The van der Waals surface area contributed by atoms with Gasteiger partial charge in [0.1, 0.15) is 5.75 Å². The van der Waals surface area contributed by atoms with Crippen LogP contribution in [0.5, 0.6) is 5.75 Å². The first kappa shape index (κ1) is 16.2. The molecule has 0 radical (unpaired) electrons. The third-order valence-electron chi connectivity index (χ3n) is 3.47. The number of benzene rings is 1. The molecule has 1 aliphatic rings. The fraction of sp³-hybridized carbons (Fsp3) is 0.571. The molecule has 1 aromatic rings. The third kappa shape index (κ3) is 4.35. The molecule has 5 heteroatoms. The van der Waals surface area contributed by atoms with E-state index in [2.05, 4.69) is 22.3 Å². The van der Waals surface area contributed by atoms with Crippen LogP contribution >= 0.6 is 12.4 Å². The molecule has 1 heterocycles. The van der Waals surface area contributed by atoms with Crippen molar-refractivity contribution >= 4 is 12.4 Å². The van der Waals surface area contributed by atoms with E-state index in [0.29, 0.717) is 0 Å². The predicted octanol–water partition coefficient (Wildman–Crippen LogP) is 1.45. The molecular formula is C14H23ClN2O2. The van der Waals surface area contributed by atoms with Gasteiger partial charge in [0, 0.05) is 38.8 Å². The lowest BCUT2D eigenvalue weighted by atomic mass is 10.0. The fourth-order valence-electron chi connectivity index (χ4n) is 2.52. The maximum atomic E-state index is 9.28. The summed E-state index contributed by atoms with van der Waals surface area (Å²) in [4.78, 5) is 2.43. The molecule has 19 heavy (non-hydrogen) atoms. The largest absolute Gasteiger partial charge is 0.497 e. The third-order valence-corrected chi connectivity index (χ3v) is 3.47. The Hall–Kier alpha value is -0.810. The van der Waals surface area contributed by atoms with Gasteiger partial charge in [0.05, 0.1) is 7.11 Å². The van der Waals surface area contributed by atoms with E-state index in [1.54, 1.807) is 7.11 Å². The molecule has 2 N–H and O–H groups in total. The van der Waals surface area contributed by atoms with Crippen LogP contribution in [0.4, 0.5) is 0 Å². The van der Waals surface area contributed by atoms with Crippen molar-refractivity contribution in [3.63, 3.8) is 0 Å². The normalized spacial score (nSPS) is 17.6. The molecule has 0 bridgehead atoms. The van der Waals surface area contributed by atoms with E-state index in [-0.39, 0.29) is 25.1 Å². The Morgan fingerprint density at radius 3 is 2.74 bits per heavy atom. The highest BCUT2D eigenvalue weighted by molar-refractivity contribution is 5.85. The van der Waals surface area contributed by atoms with E-state index >= 15 is 0 Å². The Bertz CT molecular complexity index is 370. The Kier molecular flexibility index (Phi) is 7.16. The number of nitrogens with zero attached hydrogens (tertiary/aromatic N) is 1. The highest BCUT2D eigenvalue weighted by Gasteiger charge is 2.21. The lowest BCUT2D eigenvalue weighted by Crippen LogP contribution is -2.45. The average Bonchev–Trinajstić information content (AvgIpc) is 2.46. The van der Waals surface area contributed by atoms with Gasteiger partial charge in [-0.25, -0.2) is 0 Å². The smallest absolute Gasteiger partial charge is 0.119 e. The van der Waals surface area contributed by atoms with Crippen molar-refractivity contribution in [3.05, 3.63) is 29.8 Å². The zero-order valence-corrected chi connectivity index (χ0v) is 12.2. The summed E-state index contributed by atoms with van der Waals surface area (Å²) >= 11 is 0. The van der Waals surface area contributed by atoms with E-state index in [4.69, 9.17) is 4.74 Å². The van der Waals surface area contributed by atoms with Crippen molar-refractivity contribution in [2.24, 2.45) is 0 Å². The molecule has 1 fully saturated rings. The number of nitrogens with one attached hydrogen (secondary N) is 1. The first-order valence-electron chi connectivity index (χ1n) is 6.54. The second-order valence-electron chi connectivity index (χ2n) is 4.59. The minimum atomic E-state index is 0. The molecule has 1 aromatic carbocycles. The van der Waals surface area contributed by atoms with Gasteiger partial charge < -0.3 is 15.2 Å². The van der Waals surface area contributed by atoms with Gasteiger partial charge >= 0.3 is 0 Å². The summed E-state index contributed by atoms with van der Waals surface area (Å²) in [6.45, 7) is 4.31. The Labute approximate surface area is 121 Å². The van der Waals surface area contributed by atoms with Crippen molar-refractivity contribution in [2.45, 2.75) is 12.5 Å². The van der Waals surface area contributed by atoms with Crippen LogP contribution in [0.15, 0.2) is 24.3 Å². The van der Waals surface area contributed by atoms with Gasteiger partial charge in [-0.3, -0.25) is 4.90 Å². The summed E-state index contributed by atoms with van der Waals surface area (Å²) < 4.78 is 5.28. The number of hydrogen-bond donors (Lipinski definition) is 2. The number of halogens is 1. The van der Waals surface area contributed by atoms with Crippen molar-refractivity contribution in [1.82, 2.24) is 10.2 Å². The van der Waals surface area contributed by atoms with Gasteiger partial charge in [-0.2, -0.15) is 0 Å². The van der Waals surface area contributed by atoms with Crippen LogP contribution in [0, 0.1) is 0 Å². The Morgan fingerprint density at radius 1 is 1.37 bits per heavy atom. The molecule has 1 aliphatic heterocycles. The molecule has 0 amide bonds. The van der Waals surface area contributed by atoms with Gasteiger partial charge in [0.15, 0.2) is 0 Å². The molecule has 0 unspecified atom stereocenters. The van der Waals surface area contributed by atoms with Crippen LogP contribution in [-0.2, 0) is 0 Å². The zero-order valence-electron chi connectivity index (χ0n) is 11.3. The standard InChI is InChI=1S/C14H22N2O2.ClH/c1-18-13-4-2-3-12(11-13)14(5-10-17)16-8-6-15-7-9-16;/h2-4,11,14-15,17H,5-10H2,1H3;1H/t14-;/m0./s1. The van der Waals surface area contributed by atoms with E-state index in [1.165, 1.54) is 5.56 Å². The van der Waals surface area contributed by atoms with Crippen LogP contribution < -0.4 is 10.1 Å². The molecule has 1 atom stereocenters. The van der Waals surface area contributed by atoms with Gasteiger partial charge in [-0.05, 0) is 24.1 Å². The molecule has 0 aromatic heterocycles. The van der Waals surface area contributed by atoms with Crippen molar-refractivity contribution < 1.29 is 9.84 Å². The number of ether oxygens (including phenoxy) is 1.